The Kier molecular flexibility index (Phi) is 3.13. The average Bonchev–Trinajstić information content (AvgIpc) is 2.98. The summed E-state index contributed by atoms with van der Waals surface area (Å²) in [7, 11) is 0. The average molecular weight is 369 g/mol. The van der Waals surface area contributed by atoms with E-state index in [1.165, 1.54) is 32.1 Å². The van der Waals surface area contributed by atoms with Crippen molar-refractivity contribution in [2.24, 2.45) is 17.8 Å². The van der Waals surface area contributed by atoms with Crippen molar-refractivity contribution in [3.63, 3.8) is 0 Å². The molecule has 0 amide bonds. The van der Waals surface area contributed by atoms with Crippen LogP contribution in [-0.4, -0.2) is 0 Å². The molecule has 118 valence electrons. The minimum absolute atomic E-state index is 0.493. The van der Waals surface area contributed by atoms with Crippen molar-refractivity contribution in [1.82, 2.24) is 0 Å². The van der Waals surface area contributed by atoms with Crippen LogP contribution in [0.15, 0.2) is 53.0 Å². The molecule has 6 rings (SSSR count). The highest BCUT2D eigenvalue weighted by molar-refractivity contribution is 9.10. The standard InChI is InChI=1S/C21H21BrO/c22-18-3-7-20(8-4-18)23-19-5-1-17(2-6-19)21-11-14-9-15(12-21)16(10-14)13-21/h1-8,14-16H,9-13H2. The van der Waals surface area contributed by atoms with Crippen LogP contribution in [0.1, 0.15) is 37.7 Å². The van der Waals surface area contributed by atoms with Crippen LogP contribution in [0.5, 0.6) is 11.5 Å². The Balaban J connectivity index is 1.37. The number of benzene rings is 2. The van der Waals surface area contributed by atoms with Crippen molar-refractivity contribution >= 4 is 15.9 Å². The molecule has 2 atom stereocenters. The smallest absolute Gasteiger partial charge is 0.127 e. The molecule has 0 aromatic heterocycles. The zero-order valence-electron chi connectivity index (χ0n) is 13.2. The lowest BCUT2D eigenvalue weighted by molar-refractivity contribution is 0.229. The molecule has 4 bridgehead atoms. The van der Waals surface area contributed by atoms with Crippen LogP contribution in [-0.2, 0) is 5.41 Å². The molecule has 2 heteroatoms. The molecule has 0 saturated heterocycles. The van der Waals surface area contributed by atoms with Gasteiger partial charge in [0.05, 0.1) is 0 Å². The van der Waals surface area contributed by atoms with Crippen molar-refractivity contribution in [2.45, 2.75) is 37.5 Å². The van der Waals surface area contributed by atoms with E-state index in [4.69, 9.17) is 4.74 Å². The maximum atomic E-state index is 5.96. The number of hydrogen-bond acceptors (Lipinski definition) is 1. The third-order valence-corrected chi connectivity index (χ3v) is 6.97. The van der Waals surface area contributed by atoms with Crippen LogP contribution in [0.4, 0.5) is 0 Å². The van der Waals surface area contributed by atoms with Gasteiger partial charge >= 0.3 is 0 Å². The van der Waals surface area contributed by atoms with Gasteiger partial charge in [-0.2, -0.15) is 0 Å². The Hall–Kier alpha value is -1.28. The van der Waals surface area contributed by atoms with E-state index in [1.54, 1.807) is 5.56 Å². The molecule has 0 heterocycles. The van der Waals surface area contributed by atoms with Gasteiger partial charge in [-0.25, -0.2) is 0 Å². The van der Waals surface area contributed by atoms with E-state index in [0.717, 1.165) is 33.7 Å². The molecule has 4 aliphatic rings. The first-order chi connectivity index (χ1) is 11.2. The molecule has 2 aromatic carbocycles. The van der Waals surface area contributed by atoms with Crippen LogP contribution in [0.2, 0.25) is 0 Å². The Labute approximate surface area is 146 Å². The molecule has 4 saturated carbocycles. The summed E-state index contributed by atoms with van der Waals surface area (Å²) >= 11 is 3.45. The van der Waals surface area contributed by atoms with Gasteiger partial charge in [0.1, 0.15) is 11.5 Å². The van der Waals surface area contributed by atoms with Gasteiger partial charge in [-0.15, -0.1) is 0 Å². The summed E-state index contributed by atoms with van der Waals surface area (Å²) in [5, 5.41) is 0. The second kappa shape index (κ2) is 5.11. The third-order valence-electron chi connectivity index (χ3n) is 6.44. The second-order valence-electron chi connectivity index (χ2n) is 7.83. The Morgan fingerprint density at radius 3 is 1.91 bits per heavy atom. The SMILES string of the molecule is Brc1ccc(Oc2ccc(C34CC5CC(C3)C(C5)C4)cc2)cc1. The maximum Gasteiger partial charge on any atom is 0.127 e. The van der Waals surface area contributed by atoms with Crippen LogP contribution < -0.4 is 4.74 Å². The fourth-order valence-corrected chi connectivity index (χ4v) is 5.94. The van der Waals surface area contributed by atoms with E-state index in [0.29, 0.717) is 5.41 Å². The van der Waals surface area contributed by atoms with Gasteiger partial charge < -0.3 is 4.74 Å². The molecule has 23 heavy (non-hydrogen) atoms. The molecule has 0 spiro atoms. The van der Waals surface area contributed by atoms with Gasteiger partial charge in [-0.1, -0.05) is 28.1 Å². The fraction of sp³-hybridized carbons (Fsp3) is 0.429. The molecule has 2 aromatic rings. The number of hydrogen-bond donors (Lipinski definition) is 0. The van der Waals surface area contributed by atoms with Gasteiger partial charge in [0.25, 0.3) is 0 Å². The highest BCUT2D eigenvalue weighted by Crippen LogP contribution is 2.64. The van der Waals surface area contributed by atoms with Crippen molar-refractivity contribution in [2.75, 3.05) is 0 Å². The minimum Gasteiger partial charge on any atom is -0.457 e. The summed E-state index contributed by atoms with van der Waals surface area (Å²) in [6.45, 7) is 0. The van der Waals surface area contributed by atoms with E-state index < -0.39 is 0 Å². The normalized spacial score (nSPS) is 34.0. The van der Waals surface area contributed by atoms with Crippen LogP contribution >= 0.6 is 15.9 Å². The Morgan fingerprint density at radius 2 is 1.35 bits per heavy atom. The van der Waals surface area contributed by atoms with Crippen molar-refractivity contribution < 1.29 is 4.74 Å². The van der Waals surface area contributed by atoms with E-state index in [-0.39, 0.29) is 0 Å². The zero-order valence-corrected chi connectivity index (χ0v) is 14.8. The summed E-state index contributed by atoms with van der Waals surface area (Å²) in [5.41, 5.74) is 2.05. The molecule has 0 radical (unpaired) electrons. The minimum atomic E-state index is 0.493. The van der Waals surface area contributed by atoms with Crippen molar-refractivity contribution in [3.8, 4) is 11.5 Å². The lowest BCUT2D eigenvalue weighted by Gasteiger charge is -2.39. The monoisotopic (exact) mass is 368 g/mol. The van der Waals surface area contributed by atoms with Gasteiger partial charge in [0, 0.05) is 4.47 Å². The van der Waals surface area contributed by atoms with E-state index in [9.17, 15) is 0 Å². The highest BCUT2D eigenvalue weighted by Gasteiger charge is 2.56. The second-order valence-corrected chi connectivity index (χ2v) is 8.75. The molecule has 1 nitrogen and oxygen atoms in total. The summed E-state index contributed by atoms with van der Waals surface area (Å²) < 4.78 is 7.04. The number of ether oxygens (including phenoxy) is 1. The summed E-state index contributed by atoms with van der Waals surface area (Å²) in [6, 6.07) is 17.0. The van der Waals surface area contributed by atoms with Crippen molar-refractivity contribution in [1.29, 1.82) is 0 Å². The quantitative estimate of drug-likeness (QED) is 0.615. The Morgan fingerprint density at radius 1 is 0.783 bits per heavy atom. The van der Waals surface area contributed by atoms with Gasteiger partial charge in [0.15, 0.2) is 0 Å². The molecule has 4 aliphatic carbocycles. The van der Waals surface area contributed by atoms with Gasteiger partial charge in [-0.3, -0.25) is 0 Å². The topological polar surface area (TPSA) is 9.23 Å². The fourth-order valence-electron chi connectivity index (χ4n) is 5.68. The molecular formula is C21H21BrO. The first-order valence-corrected chi connectivity index (χ1v) is 9.53. The summed E-state index contributed by atoms with van der Waals surface area (Å²) in [6.07, 6.45) is 7.31. The first-order valence-electron chi connectivity index (χ1n) is 8.74. The highest BCUT2D eigenvalue weighted by atomic mass is 79.9. The van der Waals surface area contributed by atoms with Crippen LogP contribution in [0.25, 0.3) is 0 Å². The third kappa shape index (κ3) is 2.34. The molecular weight excluding hydrogens is 348 g/mol. The van der Waals surface area contributed by atoms with E-state index >= 15 is 0 Å². The zero-order chi connectivity index (χ0) is 15.4. The summed E-state index contributed by atoms with van der Waals surface area (Å²) in [4.78, 5) is 0. The lowest BCUT2D eigenvalue weighted by atomic mass is 9.66. The predicted octanol–water partition coefficient (Wildman–Crippen LogP) is 6.32. The Bertz CT molecular complexity index is 699. The van der Waals surface area contributed by atoms with E-state index in [2.05, 4.69) is 40.2 Å². The maximum absolute atomic E-state index is 5.96. The largest absolute Gasteiger partial charge is 0.457 e. The van der Waals surface area contributed by atoms with Gasteiger partial charge in [0.2, 0.25) is 0 Å². The predicted molar refractivity (Wildman–Crippen MR) is 95.9 cm³/mol. The molecule has 0 N–H and O–H groups in total. The molecule has 2 unspecified atom stereocenters. The molecule has 0 aliphatic heterocycles. The van der Waals surface area contributed by atoms with Crippen LogP contribution in [0, 0.1) is 17.8 Å². The summed E-state index contributed by atoms with van der Waals surface area (Å²) in [5.74, 6) is 4.87. The van der Waals surface area contributed by atoms with Gasteiger partial charge in [-0.05, 0) is 97.2 Å². The van der Waals surface area contributed by atoms with E-state index in [1.807, 2.05) is 24.3 Å². The number of rotatable bonds is 3. The first kappa shape index (κ1) is 14.1. The lowest BCUT2D eigenvalue weighted by Crippen LogP contribution is -2.31. The van der Waals surface area contributed by atoms with Crippen LogP contribution in [0.3, 0.4) is 0 Å². The molecule has 4 fully saturated rings. The van der Waals surface area contributed by atoms with Crippen molar-refractivity contribution in [3.05, 3.63) is 58.6 Å². The number of halogens is 1.